The molecule has 0 aromatic carbocycles. The zero-order chi connectivity index (χ0) is 12.9. The van der Waals surface area contributed by atoms with E-state index in [4.69, 9.17) is 12.2 Å². The fourth-order valence-electron chi connectivity index (χ4n) is 2.13. The molecule has 1 atom stereocenters. The molecule has 0 heterocycles. The maximum Gasteiger partial charge on any atom is 0.311 e. The van der Waals surface area contributed by atoms with Gasteiger partial charge in [-0.2, -0.15) is 0 Å². The minimum atomic E-state index is -0.846. The van der Waals surface area contributed by atoms with Crippen LogP contribution >= 0.6 is 0 Å². The monoisotopic (exact) mass is 238 g/mol. The van der Waals surface area contributed by atoms with Crippen molar-refractivity contribution in [3.8, 4) is 12.3 Å². The highest BCUT2D eigenvalue weighted by molar-refractivity contribution is 5.83. The number of carboxylic acids is 1. The Labute approximate surface area is 101 Å². The molecule has 94 valence electrons. The second-order valence-electron chi connectivity index (χ2n) is 4.53. The van der Waals surface area contributed by atoms with Crippen LogP contribution in [0.2, 0.25) is 0 Å². The van der Waals surface area contributed by atoms with E-state index in [-0.39, 0.29) is 18.9 Å². The van der Waals surface area contributed by atoms with Gasteiger partial charge < -0.3 is 16.2 Å². The summed E-state index contributed by atoms with van der Waals surface area (Å²) in [5, 5.41) is 11.8. The van der Waals surface area contributed by atoms with E-state index in [1.54, 1.807) is 0 Å². The van der Waals surface area contributed by atoms with Crippen molar-refractivity contribution in [3.63, 3.8) is 0 Å². The Balaban J connectivity index is 2.51. The fourth-order valence-corrected chi connectivity index (χ4v) is 2.13. The normalized spacial score (nSPS) is 19.3. The summed E-state index contributed by atoms with van der Waals surface area (Å²) in [5.41, 5.74) is 4.72. The first-order valence-electron chi connectivity index (χ1n) is 5.72. The lowest BCUT2D eigenvalue weighted by Crippen LogP contribution is -2.47. The molecule has 0 aliphatic heterocycles. The molecule has 0 bridgehead atoms. The SMILES string of the molecule is C#CCC(N)C(=O)NCC1(C(=O)O)CCCC1. The lowest BCUT2D eigenvalue weighted by molar-refractivity contribution is -0.148. The van der Waals surface area contributed by atoms with E-state index in [1.807, 2.05) is 0 Å². The number of carbonyl (C=O) groups excluding carboxylic acids is 1. The molecule has 5 nitrogen and oxygen atoms in total. The average Bonchev–Trinajstić information content (AvgIpc) is 2.76. The molecule has 1 fully saturated rings. The van der Waals surface area contributed by atoms with Crippen molar-refractivity contribution < 1.29 is 14.7 Å². The summed E-state index contributed by atoms with van der Waals surface area (Å²) in [4.78, 5) is 22.7. The summed E-state index contributed by atoms with van der Waals surface area (Å²) in [6.07, 6.45) is 8.20. The van der Waals surface area contributed by atoms with Gasteiger partial charge in [-0.3, -0.25) is 9.59 Å². The van der Waals surface area contributed by atoms with Gasteiger partial charge in [-0.15, -0.1) is 12.3 Å². The van der Waals surface area contributed by atoms with Gasteiger partial charge in [0.25, 0.3) is 0 Å². The van der Waals surface area contributed by atoms with E-state index in [0.717, 1.165) is 12.8 Å². The topological polar surface area (TPSA) is 92.4 Å². The summed E-state index contributed by atoms with van der Waals surface area (Å²) >= 11 is 0. The molecule has 1 aliphatic carbocycles. The number of nitrogens with one attached hydrogen (secondary N) is 1. The summed E-state index contributed by atoms with van der Waals surface area (Å²) in [7, 11) is 0. The van der Waals surface area contributed by atoms with Crippen molar-refractivity contribution in [2.24, 2.45) is 11.1 Å². The first kappa shape index (κ1) is 13.5. The Bertz CT molecular complexity index is 340. The van der Waals surface area contributed by atoms with E-state index in [9.17, 15) is 14.7 Å². The molecule has 0 radical (unpaired) electrons. The lowest BCUT2D eigenvalue weighted by Gasteiger charge is -2.24. The number of carboxylic acid groups (broad SMARTS) is 1. The van der Waals surface area contributed by atoms with Crippen LogP contribution in [0.15, 0.2) is 0 Å². The quantitative estimate of drug-likeness (QED) is 0.592. The lowest BCUT2D eigenvalue weighted by atomic mass is 9.86. The number of amides is 1. The van der Waals surface area contributed by atoms with Gasteiger partial charge in [-0.25, -0.2) is 0 Å². The molecule has 0 saturated heterocycles. The van der Waals surface area contributed by atoms with E-state index in [1.165, 1.54) is 0 Å². The fraction of sp³-hybridized carbons (Fsp3) is 0.667. The van der Waals surface area contributed by atoms with Crippen molar-refractivity contribution in [1.29, 1.82) is 0 Å². The predicted molar refractivity (Wildman–Crippen MR) is 63.0 cm³/mol. The van der Waals surface area contributed by atoms with Crippen LogP contribution in [0.1, 0.15) is 32.1 Å². The smallest absolute Gasteiger partial charge is 0.311 e. The summed E-state index contributed by atoms with van der Waals surface area (Å²) in [6.45, 7) is 0.138. The molecule has 4 N–H and O–H groups in total. The van der Waals surface area contributed by atoms with Crippen molar-refractivity contribution in [2.75, 3.05) is 6.54 Å². The van der Waals surface area contributed by atoms with Gasteiger partial charge in [0.2, 0.25) is 5.91 Å². The summed E-state index contributed by atoms with van der Waals surface area (Å²) < 4.78 is 0. The zero-order valence-corrected chi connectivity index (χ0v) is 9.74. The van der Waals surface area contributed by atoms with Crippen LogP contribution in [0.4, 0.5) is 0 Å². The number of hydrogen-bond acceptors (Lipinski definition) is 3. The van der Waals surface area contributed by atoms with Crippen LogP contribution in [0.3, 0.4) is 0 Å². The highest BCUT2D eigenvalue weighted by Crippen LogP contribution is 2.37. The van der Waals surface area contributed by atoms with Crippen LogP contribution in [0, 0.1) is 17.8 Å². The molecule has 0 aromatic heterocycles. The predicted octanol–water partition coefficient (Wildman–Crippen LogP) is 0.0982. The van der Waals surface area contributed by atoms with Gasteiger partial charge in [0.1, 0.15) is 0 Å². The van der Waals surface area contributed by atoms with E-state index in [0.29, 0.717) is 12.8 Å². The number of aliphatic carboxylic acids is 1. The largest absolute Gasteiger partial charge is 0.481 e. The van der Waals surface area contributed by atoms with Gasteiger partial charge in [0.05, 0.1) is 11.5 Å². The Morgan fingerprint density at radius 1 is 1.47 bits per heavy atom. The Kier molecular flexibility index (Phi) is 4.53. The number of rotatable bonds is 5. The highest BCUT2D eigenvalue weighted by Gasteiger charge is 2.41. The summed E-state index contributed by atoms with van der Waals surface area (Å²) in [6, 6.07) is -0.757. The maximum absolute atomic E-state index is 11.5. The Hall–Kier alpha value is -1.54. The van der Waals surface area contributed by atoms with E-state index >= 15 is 0 Å². The van der Waals surface area contributed by atoms with Crippen molar-refractivity contribution >= 4 is 11.9 Å². The standard InChI is InChI=1S/C12H18N2O3/c1-2-5-9(13)10(15)14-8-12(11(16)17)6-3-4-7-12/h1,9H,3-8,13H2,(H,14,15)(H,16,17). The molecular formula is C12H18N2O3. The first-order valence-corrected chi connectivity index (χ1v) is 5.72. The van der Waals surface area contributed by atoms with Crippen LogP contribution in [0.5, 0.6) is 0 Å². The van der Waals surface area contributed by atoms with Gasteiger partial charge >= 0.3 is 5.97 Å². The van der Waals surface area contributed by atoms with Gasteiger partial charge in [0.15, 0.2) is 0 Å². The minimum absolute atomic E-state index is 0.138. The van der Waals surface area contributed by atoms with Crippen molar-refractivity contribution in [2.45, 2.75) is 38.1 Å². The number of carbonyl (C=O) groups is 2. The van der Waals surface area contributed by atoms with Gasteiger partial charge in [0, 0.05) is 13.0 Å². The van der Waals surface area contributed by atoms with E-state index in [2.05, 4.69) is 11.2 Å². The van der Waals surface area contributed by atoms with Crippen LogP contribution < -0.4 is 11.1 Å². The second-order valence-corrected chi connectivity index (χ2v) is 4.53. The first-order chi connectivity index (χ1) is 8.02. The Morgan fingerprint density at radius 3 is 2.53 bits per heavy atom. The second kappa shape index (κ2) is 5.69. The highest BCUT2D eigenvalue weighted by atomic mass is 16.4. The molecule has 1 amide bonds. The van der Waals surface area contributed by atoms with Crippen molar-refractivity contribution in [3.05, 3.63) is 0 Å². The third-order valence-corrected chi connectivity index (χ3v) is 3.29. The van der Waals surface area contributed by atoms with Gasteiger partial charge in [-0.05, 0) is 12.8 Å². The van der Waals surface area contributed by atoms with Gasteiger partial charge in [-0.1, -0.05) is 12.8 Å². The zero-order valence-electron chi connectivity index (χ0n) is 9.74. The molecule has 17 heavy (non-hydrogen) atoms. The van der Waals surface area contributed by atoms with Crippen molar-refractivity contribution in [1.82, 2.24) is 5.32 Å². The molecular weight excluding hydrogens is 220 g/mol. The molecule has 1 unspecified atom stereocenters. The van der Waals surface area contributed by atoms with Crippen LogP contribution in [-0.4, -0.2) is 29.6 Å². The molecule has 0 aromatic rings. The third kappa shape index (κ3) is 3.21. The molecule has 1 saturated carbocycles. The minimum Gasteiger partial charge on any atom is -0.481 e. The number of terminal acetylenes is 1. The molecule has 1 rings (SSSR count). The average molecular weight is 238 g/mol. The maximum atomic E-state index is 11.5. The molecule has 5 heteroatoms. The summed E-state index contributed by atoms with van der Waals surface area (Å²) in [5.74, 6) is 1.08. The molecule has 1 aliphatic rings. The number of nitrogens with two attached hydrogens (primary N) is 1. The molecule has 0 spiro atoms. The van der Waals surface area contributed by atoms with Crippen LogP contribution in [-0.2, 0) is 9.59 Å². The third-order valence-electron chi connectivity index (χ3n) is 3.29. The Morgan fingerprint density at radius 2 is 2.06 bits per heavy atom. The van der Waals surface area contributed by atoms with Crippen LogP contribution in [0.25, 0.3) is 0 Å². The number of hydrogen-bond donors (Lipinski definition) is 3. The van der Waals surface area contributed by atoms with E-state index < -0.39 is 17.4 Å².